The van der Waals surface area contributed by atoms with Crippen molar-refractivity contribution in [2.45, 2.75) is 27.7 Å². The summed E-state index contributed by atoms with van der Waals surface area (Å²) in [5.74, 6) is 0. The maximum absolute atomic E-state index is 4.07. The average molecular weight is 196 g/mol. The second kappa shape index (κ2) is 7.68. The topological polar surface area (TPSA) is 25.8 Å². The molecule has 2 rings (SSSR count). The van der Waals surface area contributed by atoms with Gasteiger partial charge in [-0.3, -0.25) is 4.98 Å². The van der Waals surface area contributed by atoms with Crippen LogP contribution in [0.5, 0.6) is 0 Å². The second-order valence-electron chi connectivity index (χ2n) is 1.70. The van der Waals surface area contributed by atoms with Crippen LogP contribution in [0.4, 0.5) is 0 Å². The predicted octanol–water partition coefficient (Wildman–Crippen LogP) is 3.74. The molecular formula is C10H16N2S. The quantitative estimate of drug-likeness (QED) is 0.641. The van der Waals surface area contributed by atoms with E-state index in [1.807, 2.05) is 39.3 Å². The van der Waals surface area contributed by atoms with Crippen molar-refractivity contribution in [1.82, 2.24) is 9.97 Å². The third-order valence-electron chi connectivity index (χ3n) is 1.13. The van der Waals surface area contributed by atoms with Gasteiger partial charge in [0.1, 0.15) is 0 Å². The number of pyridine rings is 1. The fourth-order valence-electron chi connectivity index (χ4n) is 0.710. The normalized spacial score (nSPS) is 8.00. The lowest BCUT2D eigenvalue weighted by Crippen LogP contribution is -1.67. The minimum absolute atomic E-state index is 0.988. The highest BCUT2D eigenvalue weighted by Crippen LogP contribution is 2.14. The summed E-state index contributed by atoms with van der Waals surface area (Å²) in [5, 5.41) is 0. The van der Waals surface area contributed by atoms with Crippen molar-refractivity contribution in [1.29, 1.82) is 0 Å². The van der Waals surface area contributed by atoms with Gasteiger partial charge in [-0.05, 0) is 6.07 Å². The molecule has 0 bridgehead atoms. The van der Waals surface area contributed by atoms with E-state index in [0.717, 1.165) is 5.52 Å². The van der Waals surface area contributed by atoms with E-state index in [2.05, 4.69) is 9.97 Å². The third-order valence-corrected chi connectivity index (χ3v) is 1.94. The van der Waals surface area contributed by atoms with Gasteiger partial charge in [0.15, 0.2) is 0 Å². The SMILES string of the molecule is CC.CC.c1cc2scnc2cn1. The van der Waals surface area contributed by atoms with E-state index in [1.54, 1.807) is 23.7 Å². The van der Waals surface area contributed by atoms with Crippen LogP contribution < -0.4 is 0 Å². The Labute approximate surface area is 83.7 Å². The molecule has 3 heteroatoms. The standard InChI is InChI=1S/C6H4N2S.2C2H6/c1-2-7-3-5-6(1)9-4-8-5;2*1-2/h1-4H;2*1-2H3. The molecule has 0 N–H and O–H groups in total. The number of thiazole rings is 1. The van der Waals surface area contributed by atoms with E-state index in [9.17, 15) is 0 Å². The molecule has 0 saturated heterocycles. The lowest BCUT2D eigenvalue weighted by molar-refractivity contribution is 1.34. The number of aromatic nitrogens is 2. The molecule has 0 radical (unpaired) electrons. The smallest absolute Gasteiger partial charge is 0.0995 e. The van der Waals surface area contributed by atoms with Crippen LogP contribution in [0.2, 0.25) is 0 Å². The predicted molar refractivity (Wildman–Crippen MR) is 60.1 cm³/mol. The Balaban J connectivity index is 0.000000322. The average Bonchev–Trinajstić information content (AvgIpc) is 2.71. The molecule has 0 saturated carbocycles. The van der Waals surface area contributed by atoms with Crippen molar-refractivity contribution in [3.63, 3.8) is 0 Å². The third kappa shape index (κ3) is 3.51. The van der Waals surface area contributed by atoms with E-state index in [1.165, 1.54) is 4.70 Å². The van der Waals surface area contributed by atoms with Gasteiger partial charge in [-0.25, -0.2) is 4.98 Å². The highest BCUT2D eigenvalue weighted by Gasteiger charge is 1.90. The van der Waals surface area contributed by atoms with Crippen LogP contribution in [0, 0.1) is 0 Å². The summed E-state index contributed by atoms with van der Waals surface area (Å²) in [6, 6.07) is 1.97. The monoisotopic (exact) mass is 196 g/mol. The Kier molecular flexibility index (Phi) is 7.11. The Hall–Kier alpha value is -0.960. The number of hydrogen-bond acceptors (Lipinski definition) is 3. The van der Waals surface area contributed by atoms with Crippen molar-refractivity contribution < 1.29 is 0 Å². The summed E-state index contributed by atoms with van der Waals surface area (Å²) in [7, 11) is 0. The van der Waals surface area contributed by atoms with E-state index in [0.29, 0.717) is 0 Å². The summed E-state index contributed by atoms with van der Waals surface area (Å²) in [6.45, 7) is 8.00. The lowest BCUT2D eigenvalue weighted by Gasteiger charge is -1.80. The molecule has 0 atom stereocenters. The van der Waals surface area contributed by atoms with Crippen molar-refractivity contribution in [3.05, 3.63) is 24.0 Å². The van der Waals surface area contributed by atoms with Gasteiger partial charge in [0.25, 0.3) is 0 Å². The van der Waals surface area contributed by atoms with Gasteiger partial charge >= 0.3 is 0 Å². The summed E-state index contributed by atoms with van der Waals surface area (Å²) >= 11 is 1.64. The Bertz CT molecular complexity index is 287. The molecule has 0 spiro atoms. The molecule has 0 aliphatic rings. The molecule has 0 aliphatic heterocycles. The van der Waals surface area contributed by atoms with Crippen LogP contribution >= 0.6 is 11.3 Å². The molecule has 0 amide bonds. The van der Waals surface area contributed by atoms with Crippen LogP contribution in [0.25, 0.3) is 10.2 Å². The first kappa shape index (κ1) is 12.0. The summed E-state index contributed by atoms with van der Waals surface area (Å²) < 4.78 is 1.20. The molecular weight excluding hydrogens is 180 g/mol. The molecule has 0 aliphatic carbocycles. The Morgan fingerprint density at radius 3 is 2.46 bits per heavy atom. The van der Waals surface area contributed by atoms with Crippen molar-refractivity contribution in [2.24, 2.45) is 0 Å². The van der Waals surface area contributed by atoms with Crippen LogP contribution in [-0.4, -0.2) is 9.97 Å². The van der Waals surface area contributed by atoms with Gasteiger partial charge in [0.2, 0.25) is 0 Å². The lowest BCUT2D eigenvalue weighted by atomic mass is 10.5. The van der Waals surface area contributed by atoms with Crippen molar-refractivity contribution >= 4 is 21.6 Å². The minimum Gasteiger partial charge on any atom is -0.262 e. The first-order valence-electron chi connectivity index (χ1n) is 4.60. The molecule has 2 nitrogen and oxygen atoms in total. The molecule has 0 aromatic carbocycles. The molecule has 13 heavy (non-hydrogen) atoms. The highest BCUT2D eigenvalue weighted by molar-refractivity contribution is 7.16. The van der Waals surface area contributed by atoms with E-state index in [4.69, 9.17) is 0 Å². The Morgan fingerprint density at radius 2 is 1.85 bits per heavy atom. The maximum Gasteiger partial charge on any atom is 0.0995 e. The molecule has 72 valence electrons. The van der Waals surface area contributed by atoms with Crippen LogP contribution in [-0.2, 0) is 0 Å². The number of hydrogen-bond donors (Lipinski definition) is 0. The van der Waals surface area contributed by atoms with Gasteiger partial charge < -0.3 is 0 Å². The molecule has 2 aromatic rings. The van der Waals surface area contributed by atoms with Gasteiger partial charge in [-0.1, -0.05) is 27.7 Å². The summed E-state index contributed by atoms with van der Waals surface area (Å²) in [4.78, 5) is 8.00. The number of nitrogens with zero attached hydrogens (tertiary/aromatic N) is 2. The van der Waals surface area contributed by atoms with Gasteiger partial charge in [0, 0.05) is 6.20 Å². The fourth-order valence-corrected chi connectivity index (χ4v) is 1.36. The van der Waals surface area contributed by atoms with Gasteiger partial charge in [-0.2, -0.15) is 0 Å². The van der Waals surface area contributed by atoms with Crippen LogP contribution in [0.3, 0.4) is 0 Å². The summed E-state index contributed by atoms with van der Waals surface area (Å²) in [5.41, 5.74) is 2.81. The van der Waals surface area contributed by atoms with Crippen molar-refractivity contribution in [2.75, 3.05) is 0 Å². The molecule has 2 heterocycles. The second-order valence-corrected chi connectivity index (χ2v) is 2.58. The molecule has 0 unspecified atom stereocenters. The zero-order valence-electron chi connectivity index (χ0n) is 8.61. The zero-order chi connectivity index (χ0) is 10.1. The number of fused-ring (bicyclic) bond motifs is 1. The first-order chi connectivity index (χ1) is 6.47. The van der Waals surface area contributed by atoms with E-state index in [-0.39, 0.29) is 0 Å². The van der Waals surface area contributed by atoms with Gasteiger partial charge in [-0.15, -0.1) is 11.3 Å². The van der Waals surface area contributed by atoms with Crippen LogP contribution in [0.15, 0.2) is 24.0 Å². The Morgan fingerprint density at radius 1 is 1.15 bits per heavy atom. The van der Waals surface area contributed by atoms with E-state index >= 15 is 0 Å². The van der Waals surface area contributed by atoms with Crippen LogP contribution in [0.1, 0.15) is 27.7 Å². The highest BCUT2D eigenvalue weighted by atomic mass is 32.1. The number of rotatable bonds is 0. The molecule has 2 aromatic heterocycles. The zero-order valence-corrected chi connectivity index (χ0v) is 9.43. The van der Waals surface area contributed by atoms with Gasteiger partial charge in [0.05, 0.1) is 21.9 Å². The first-order valence-corrected chi connectivity index (χ1v) is 5.48. The summed E-state index contributed by atoms with van der Waals surface area (Å²) in [6.07, 6.45) is 3.55. The maximum atomic E-state index is 4.07. The van der Waals surface area contributed by atoms with Crippen molar-refractivity contribution in [3.8, 4) is 0 Å². The molecule has 0 fully saturated rings. The fraction of sp³-hybridized carbons (Fsp3) is 0.400. The van der Waals surface area contributed by atoms with E-state index < -0.39 is 0 Å². The minimum atomic E-state index is 0.988. The largest absolute Gasteiger partial charge is 0.262 e.